The number of piperazine rings is 1. The van der Waals surface area contributed by atoms with Gasteiger partial charge in [0.1, 0.15) is 12.4 Å². The topological polar surface area (TPSA) is 60.9 Å². The minimum Gasteiger partial charge on any atom is -0.394 e. The van der Waals surface area contributed by atoms with Crippen LogP contribution in [0.25, 0.3) is 0 Å². The first-order chi connectivity index (χ1) is 15.0. The van der Waals surface area contributed by atoms with Crippen LogP contribution in [0.1, 0.15) is 47.2 Å². The van der Waals surface area contributed by atoms with Crippen LogP contribution in [0.5, 0.6) is 0 Å². The van der Waals surface area contributed by atoms with Crippen LogP contribution in [0.15, 0.2) is 48.5 Å². The molecule has 2 aromatic rings. The van der Waals surface area contributed by atoms with Gasteiger partial charge in [-0.15, -0.1) is 0 Å². The number of benzene rings is 2. The third kappa shape index (κ3) is 4.06. The van der Waals surface area contributed by atoms with E-state index in [0.29, 0.717) is 6.54 Å². The first-order valence-corrected chi connectivity index (χ1v) is 10.6. The molecule has 31 heavy (non-hydrogen) atoms. The zero-order valence-corrected chi connectivity index (χ0v) is 17.4. The molecule has 0 unspecified atom stereocenters. The summed E-state index contributed by atoms with van der Waals surface area (Å²) in [5.41, 5.74) is 2.16. The summed E-state index contributed by atoms with van der Waals surface area (Å²) in [4.78, 5) is 28.8. The molecule has 0 aliphatic carbocycles. The van der Waals surface area contributed by atoms with Crippen LogP contribution in [0.4, 0.5) is 4.39 Å². The fourth-order valence-corrected chi connectivity index (χ4v) is 4.54. The molecule has 1 N–H and O–H groups in total. The number of fused-ring (bicyclic) bond motifs is 1. The Morgan fingerprint density at radius 3 is 2.68 bits per heavy atom. The van der Waals surface area contributed by atoms with Gasteiger partial charge in [0.2, 0.25) is 5.91 Å². The average Bonchev–Trinajstić information content (AvgIpc) is 2.76. The number of nitrogens with zero attached hydrogens (tertiary/aromatic N) is 2. The molecule has 0 bridgehead atoms. The summed E-state index contributed by atoms with van der Waals surface area (Å²) in [6.45, 7) is 2.23. The van der Waals surface area contributed by atoms with E-state index in [1.807, 2.05) is 24.3 Å². The highest BCUT2D eigenvalue weighted by atomic mass is 19.1. The maximum absolute atomic E-state index is 13.5. The highest BCUT2D eigenvalue weighted by molar-refractivity contribution is 5.97. The molecule has 2 amide bonds. The van der Waals surface area contributed by atoms with Crippen molar-refractivity contribution in [1.29, 1.82) is 0 Å². The van der Waals surface area contributed by atoms with Crippen LogP contribution in [0, 0.1) is 17.7 Å². The van der Waals surface area contributed by atoms with Crippen LogP contribution < -0.4 is 0 Å². The number of hydrogen-bond donors (Lipinski definition) is 1. The molecular weight excluding hydrogens is 395 g/mol. The van der Waals surface area contributed by atoms with Gasteiger partial charge in [-0.3, -0.25) is 9.59 Å². The molecule has 0 aromatic heterocycles. The van der Waals surface area contributed by atoms with Crippen LogP contribution in [0.3, 0.4) is 0 Å². The molecule has 2 aliphatic heterocycles. The lowest BCUT2D eigenvalue weighted by Gasteiger charge is -2.58. The molecule has 160 valence electrons. The Bertz CT molecular complexity index is 1040. The van der Waals surface area contributed by atoms with Crippen molar-refractivity contribution in [2.24, 2.45) is 0 Å². The van der Waals surface area contributed by atoms with E-state index in [1.165, 1.54) is 23.1 Å². The van der Waals surface area contributed by atoms with Crippen LogP contribution in [0.2, 0.25) is 0 Å². The van der Waals surface area contributed by atoms with E-state index in [0.717, 1.165) is 24.0 Å². The third-order valence-corrected chi connectivity index (χ3v) is 6.01. The zero-order valence-electron chi connectivity index (χ0n) is 17.4. The first-order valence-electron chi connectivity index (χ1n) is 10.6. The monoisotopic (exact) mass is 420 g/mol. The lowest BCUT2D eigenvalue weighted by Crippen LogP contribution is -2.73. The minimum absolute atomic E-state index is 0.0684. The molecule has 5 nitrogen and oxygen atoms in total. The molecule has 3 atom stereocenters. The fourth-order valence-electron chi connectivity index (χ4n) is 4.54. The summed E-state index contributed by atoms with van der Waals surface area (Å²) in [5, 5.41) is 9.92. The standard InChI is InChI=1S/C25H25FN2O3/c1-2-3-4-6-17-9-11-18(12-10-17)24-21-14-27(15-23(30)28(21)22(24)16-29)25(31)19-7-5-8-20(26)13-19/h5,7-13,21-22,24,29H,2-3,14-16H2,1H3/t21-,22-,24+/m0/s1. The Morgan fingerprint density at radius 1 is 1.23 bits per heavy atom. The van der Waals surface area contributed by atoms with Gasteiger partial charge >= 0.3 is 0 Å². The van der Waals surface area contributed by atoms with Gasteiger partial charge in [0.25, 0.3) is 5.91 Å². The number of carbonyl (C=O) groups is 2. The Hall–Kier alpha value is -3.17. The van der Waals surface area contributed by atoms with Gasteiger partial charge in [-0.05, 0) is 42.3 Å². The second-order valence-electron chi connectivity index (χ2n) is 8.01. The zero-order chi connectivity index (χ0) is 22.0. The highest BCUT2D eigenvalue weighted by Crippen LogP contribution is 2.43. The summed E-state index contributed by atoms with van der Waals surface area (Å²) >= 11 is 0. The van der Waals surface area contributed by atoms with Gasteiger partial charge in [0, 0.05) is 30.0 Å². The largest absolute Gasteiger partial charge is 0.394 e. The van der Waals surface area contributed by atoms with Gasteiger partial charge in [-0.25, -0.2) is 4.39 Å². The number of aliphatic hydroxyl groups excluding tert-OH is 1. The second kappa shape index (κ2) is 8.91. The summed E-state index contributed by atoms with van der Waals surface area (Å²) in [6.07, 6.45) is 1.87. The van der Waals surface area contributed by atoms with Crippen molar-refractivity contribution in [3.8, 4) is 11.8 Å². The number of amides is 2. The minimum atomic E-state index is -0.486. The van der Waals surface area contributed by atoms with Crippen molar-refractivity contribution < 1.29 is 19.1 Å². The molecule has 2 aliphatic rings. The first kappa shape index (κ1) is 21.1. The van der Waals surface area contributed by atoms with Gasteiger partial charge in [0.15, 0.2) is 0 Å². The van der Waals surface area contributed by atoms with Gasteiger partial charge in [0.05, 0.1) is 18.7 Å². The maximum Gasteiger partial charge on any atom is 0.254 e. The molecule has 4 rings (SSSR count). The van der Waals surface area contributed by atoms with Gasteiger partial charge < -0.3 is 14.9 Å². The van der Waals surface area contributed by atoms with Crippen molar-refractivity contribution in [3.05, 3.63) is 71.0 Å². The molecule has 2 saturated heterocycles. The number of carbonyl (C=O) groups excluding carboxylic acids is 2. The molecule has 2 aromatic carbocycles. The van der Waals surface area contributed by atoms with Crippen molar-refractivity contribution in [3.63, 3.8) is 0 Å². The van der Waals surface area contributed by atoms with Gasteiger partial charge in [-0.2, -0.15) is 0 Å². The molecule has 0 spiro atoms. The van der Waals surface area contributed by atoms with E-state index in [-0.39, 0.29) is 48.5 Å². The molecule has 0 radical (unpaired) electrons. The quantitative estimate of drug-likeness (QED) is 0.774. The number of hydrogen-bond acceptors (Lipinski definition) is 3. The van der Waals surface area contributed by atoms with Crippen LogP contribution in [-0.4, -0.2) is 58.5 Å². The summed E-state index contributed by atoms with van der Waals surface area (Å²) in [6, 6.07) is 12.9. The third-order valence-electron chi connectivity index (χ3n) is 6.01. The average molecular weight is 420 g/mol. The second-order valence-corrected chi connectivity index (χ2v) is 8.01. The van der Waals surface area contributed by atoms with Crippen molar-refractivity contribution in [2.75, 3.05) is 19.7 Å². The fraction of sp³-hybridized carbons (Fsp3) is 0.360. The van der Waals surface area contributed by atoms with Crippen molar-refractivity contribution in [1.82, 2.24) is 9.80 Å². The summed E-state index contributed by atoms with van der Waals surface area (Å²) in [7, 11) is 0. The molecule has 6 heteroatoms. The van der Waals surface area contributed by atoms with E-state index in [1.54, 1.807) is 11.0 Å². The predicted octanol–water partition coefficient (Wildman–Crippen LogP) is 2.79. The molecule has 2 fully saturated rings. The Morgan fingerprint density at radius 2 is 2.00 bits per heavy atom. The predicted molar refractivity (Wildman–Crippen MR) is 115 cm³/mol. The number of rotatable bonds is 4. The van der Waals surface area contributed by atoms with E-state index < -0.39 is 5.82 Å². The summed E-state index contributed by atoms with van der Waals surface area (Å²) < 4.78 is 13.5. The van der Waals surface area contributed by atoms with Crippen molar-refractivity contribution in [2.45, 2.75) is 37.8 Å². The van der Waals surface area contributed by atoms with Crippen LogP contribution in [-0.2, 0) is 4.79 Å². The van der Waals surface area contributed by atoms with Crippen LogP contribution >= 0.6 is 0 Å². The maximum atomic E-state index is 13.5. The smallest absolute Gasteiger partial charge is 0.254 e. The summed E-state index contributed by atoms with van der Waals surface area (Å²) in [5.74, 6) is 5.14. The normalized spacial score (nSPS) is 22.3. The number of aliphatic hydroxyl groups is 1. The molecule has 0 saturated carbocycles. The van der Waals surface area contributed by atoms with Gasteiger partial charge in [-0.1, -0.05) is 37.0 Å². The van der Waals surface area contributed by atoms with E-state index in [4.69, 9.17) is 0 Å². The molecule has 2 heterocycles. The number of halogens is 1. The van der Waals surface area contributed by atoms with E-state index in [9.17, 15) is 19.1 Å². The highest BCUT2D eigenvalue weighted by Gasteiger charge is 2.54. The Labute approximate surface area is 181 Å². The SMILES string of the molecule is CCCC#Cc1ccc([C@H]2[C@H](CO)N3C(=O)CN(C(=O)c4cccc(F)c4)C[C@@H]23)cc1. The molecular formula is C25H25FN2O3. The van der Waals surface area contributed by atoms with E-state index in [2.05, 4.69) is 18.8 Å². The van der Waals surface area contributed by atoms with Crippen molar-refractivity contribution >= 4 is 11.8 Å². The number of unbranched alkanes of at least 4 members (excludes halogenated alkanes) is 1. The lowest BCUT2D eigenvalue weighted by atomic mass is 9.73. The van der Waals surface area contributed by atoms with E-state index >= 15 is 0 Å². The Kier molecular flexibility index (Phi) is 6.06. The lowest BCUT2D eigenvalue weighted by molar-refractivity contribution is -0.159. The Balaban J connectivity index is 1.54.